The second-order valence-corrected chi connectivity index (χ2v) is 3.48. The Morgan fingerprint density at radius 1 is 1.45 bits per heavy atom. The summed E-state index contributed by atoms with van der Waals surface area (Å²) in [6.45, 7) is 4.55. The maximum absolute atomic E-state index is 5.23. The molecule has 1 heterocycles. The van der Waals surface area contributed by atoms with E-state index in [9.17, 15) is 0 Å². The van der Waals surface area contributed by atoms with E-state index in [1.165, 1.54) is 32.4 Å². The minimum atomic E-state index is 0.443. The van der Waals surface area contributed by atoms with Gasteiger partial charge in [-0.15, -0.1) is 0 Å². The van der Waals surface area contributed by atoms with Crippen molar-refractivity contribution in [2.24, 2.45) is 5.92 Å². The molecule has 0 unspecified atom stereocenters. The van der Waals surface area contributed by atoms with Crippen LogP contribution in [-0.2, 0) is 4.74 Å². The lowest BCUT2D eigenvalue weighted by Gasteiger charge is -2.24. The van der Waals surface area contributed by atoms with Crippen LogP contribution in [0.3, 0.4) is 0 Å². The van der Waals surface area contributed by atoms with Gasteiger partial charge in [0.2, 0.25) is 0 Å². The average molecular weight is 157 g/mol. The van der Waals surface area contributed by atoms with Gasteiger partial charge in [-0.05, 0) is 45.2 Å². The second kappa shape index (κ2) is 4.73. The molecule has 2 nitrogen and oxygen atoms in total. The Morgan fingerprint density at radius 3 is 2.64 bits per heavy atom. The highest BCUT2D eigenvalue weighted by atomic mass is 16.5. The maximum Gasteiger partial charge on any atom is 0.0545 e. The van der Waals surface area contributed by atoms with Gasteiger partial charge in [0.1, 0.15) is 0 Å². The van der Waals surface area contributed by atoms with E-state index in [-0.39, 0.29) is 0 Å². The first kappa shape index (κ1) is 9.01. The zero-order valence-corrected chi connectivity index (χ0v) is 7.60. The molecule has 66 valence electrons. The molecule has 1 rings (SSSR count). The van der Waals surface area contributed by atoms with Crippen molar-refractivity contribution in [3.8, 4) is 0 Å². The molecule has 1 N–H and O–H groups in total. The van der Waals surface area contributed by atoms with Gasteiger partial charge in [-0.1, -0.05) is 0 Å². The number of rotatable bonds is 3. The van der Waals surface area contributed by atoms with Gasteiger partial charge >= 0.3 is 0 Å². The molecular weight excluding hydrogens is 138 g/mol. The molecule has 0 aromatic carbocycles. The fourth-order valence-corrected chi connectivity index (χ4v) is 1.68. The molecule has 0 aliphatic carbocycles. The summed E-state index contributed by atoms with van der Waals surface area (Å²) in [6.07, 6.45) is 4.33. The smallest absolute Gasteiger partial charge is 0.0545 e. The van der Waals surface area contributed by atoms with Crippen molar-refractivity contribution in [2.75, 3.05) is 20.2 Å². The van der Waals surface area contributed by atoms with Crippen LogP contribution in [0.1, 0.15) is 26.2 Å². The zero-order chi connectivity index (χ0) is 8.10. The van der Waals surface area contributed by atoms with Gasteiger partial charge in [0, 0.05) is 7.11 Å². The predicted octanol–water partition coefficient (Wildman–Crippen LogP) is 1.41. The average Bonchev–Trinajstić information content (AvgIpc) is 2.06. The van der Waals surface area contributed by atoms with Gasteiger partial charge in [-0.2, -0.15) is 0 Å². The Hall–Kier alpha value is -0.0800. The minimum absolute atomic E-state index is 0.443. The van der Waals surface area contributed by atoms with Crippen LogP contribution in [-0.4, -0.2) is 26.3 Å². The SMILES string of the molecule is CO[C@H](C)CC1CCNCC1. The fourth-order valence-electron chi connectivity index (χ4n) is 1.68. The van der Waals surface area contributed by atoms with Gasteiger partial charge in [0.05, 0.1) is 6.10 Å². The van der Waals surface area contributed by atoms with Crippen molar-refractivity contribution in [3.05, 3.63) is 0 Å². The lowest BCUT2D eigenvalue weighted by Crippen LogP contribution is -2.29. The van der Waals surface area contributed by atoms with Crippen molar-refractivity contribution in [2.45, 2.75) is 32.3 Å². The topological polar surface area (TPSA) is 21.3 Å². The van der Waals surface area contributed by atoms with Crippen LogP contribution in [0, 0.1) is 5.92 Å². The summed E-state index contributed by atoms with van der Waals surface area (Å²) < 4.78 is 5.23. The largest absolute Gasteiger partial charge is 0.382 e. The van der Waals surface area contributed by atoms with E-state index in [4.69, 9.17) is 4.74 Å². The third kappa shape index (κ3) is 3.21. The Morgan fingerprint density at radius 2 is 2.09 bits per heavy atom. The molecule has 2 heteroatoms. The molecule has 0 saturated carbocycles. The number of piperidine rings is 1. The van der Waals surface area contributed by atoms with Crippen molar-refractivity contribution in [1.82, 2.24) is 5.32 Å². The third-order valence-electron chi connectivity index (χ3n) is 2.53. The Labute approximate surface area is 69.3 Å². The molecule has 0 radical (unpaired) electrons. The molecule has 1 atom stereocenters. The highest BCUT2D eigenvalue weighted by Crippen LogP contribution is 2.18. The van der Waals surface area contributed by atoms with E-state index >= 15 is 0 Å². The number of ether oxygens (including phenoxy) is 1. The summed E-state index contributed by atoms with van der Waals surface area (Å²) in [5.74, 6) is 0.895. The number of methoxy groups -OCH3 is 1. The second-order valence-electron chi connectivity index (χ2n) is 3.48. The number of nitrogens with one attached hydrogen (secondary N) is 1. The van der Waals surface area contributed by atoms with Crippen molar-refractivity contribution < 1.29 is 4.74 Å². The molecule has 11 heavy (non-hydrogen) atoms. The summed E-state index contributed by atoms with van der Waals surface area (Å²) in [5, 5.41) is 3.37. The first-order chi connectivity index (χ1) is 5.33. The number of hydrogen-bond acceptors (Lipinski definition) is 2. The standard InChI is InChI=1S/C9H19NO/c1-8(11-2)7-9-3-5-10-6-4-9/h8-10H,3-7H2,1-2H3/t8-/m1/s1. The van der Waals surface area contributed by atoms with E-state index in [0.717, 1.165) is 5.92 Å². The molecule has 0 spiro atoms. The van der Waals surface area contributed by atoms with Crippen LogP contribution in [0.2, 0.25) is 0 Å². The van der Waals surface area contributed by atoms with E-state index < -0.39 is 0 Å². The normalized spacial score (nSPS) is 23.5. The highest BCUT2D eigenvalue weighted by Gasteiger charge is 2.15. The molecule has 0 amide bonds. The van der Waals surface area contributed by atoms with Crippen LogP contribution in [0.4, 0.5) is 0 Å². The summed E-state index contributed by atoms with van der Waals surface area (Å²) in [4.78, 5) is 0. The highest BCUT2D eigenvalue weighted by molar-refractivity contribution is 4.70. The Balaban J connectivity index is 2.13. The van der Waals surface area contributed by atoms with Crippen molar-refractivity contribution in [3.63, 3.8) is 0 Å². The Bertz CT molecular complexity index is 99.7. The van der Waals surface area contributed by atoms with E-state index in [1.807, 2.05) is 0 Å². The molecule has 0 aromatic heterocycles. The van der Waals surface area contributed by atoms with Crippen molar-refractivity contribution >= 4 is 0 Å². The molecule has 0 aromatic rings. The van der Waals surface area contributed by atoms with Gasteiger partial charge < -0.3 is 10.1 Å². The summed E-state index contributed by atoms with van der Waals surface area (Å²) >= 11 is 0. The van der Waals surface area contributed by atoms with Gasteiger partial charge in [0.15, 0.2) is 0 Å². The summed E-state index contributed by atoms with van der Waals surface area (Å²) in [6, 6.07) is 0. The molecular formula is C9H19NO. The van der Waals surface area contributed by atoms with E-state index in [2.05, 4.69) is 12.2 Å². The Kier molecular flexibility index (Phi) is 3.87. The summed E-state index contributed by atoms with van der Waals surface area (Å²) in [5.41, 5.74) is 0. The van der Waals surface area contributed by atoms with E-state index in [1.54, 1.807) is 7.11 Å². The predicted molar refractivity (Wildman–Crippen MR) is 46.7 cm³/mol. The van der Waals surface area contributed by atoms with Gasteiger partial charge in [-0.3, -0.25) is 0 Å². The lowest BCUT2D eigenvalue weighted by molar-refractivity contribution is 0.0893. The third-order valence-corrected chi connectivity index (χ3v) is 2.53. The first-order valence-corrected chi connectivity index (χ1v) is 4.56. The zero-order valence-electron chi connectivity index (χ0n) is 7.60. The summed E-state index contributed by atoms with van der Waals surface area (Å²) in [7, 11) is 1.80. The van der Waals surface area contributed by atoms with Crippen LogP contribution in [0.5, 0.6) is 0 Å². The monoisotopic (exact) mass is 157 g/mol. The van der Waals surface area contributed by atoms with Gasteiger partial charge in [-0.25, -0.2) is 0 Å². The van der Waals surface area contributed by atoms with E-state index in [0.29, 0.717) is 6.10 Å². The van der Waals surface area contributed by atoms with Crippen LogP contribution in [0.15, 0.2) is 0 Å². The minimum Gasteiger partial charge on any atom is -0.382 e. The molecule has 1 aliphatic heterocycles. The van der Waals surface area contributed by atoms with Crippen LogP contribution in [0.25, 0.3) is 0 Å². The fraction of sp³-hybridized carbons (Fsp3) is 1.00. The molecule has 1 fully saturated rings. The molecule has 1 saturated heterocycles. The lowest BCUT2D eigenvalue weighted by atomic mass is 9.92. The van der Waals surface area contributed by atoms with Gasteiger partial charge in [0.25, 0.3) is 0 Å². The van der Waals surface area contributed by atoms with Crippen LogP contribution < -0.4 is 5.32 Å². The molecule has 1 aliphatic rings. The maximum atomic E-state index is 5.23. The molecule has 0 bridgehead atoms. The number of hydrogen-bond donors (Lipinski definition) is 1. The quantitative estimate of drug-likeness (QED) is 0.669. The first-order valence-electron chi connectivity index (χ1n) is 4.56. The van der Waals surface area contributed by atoms with Crippen LogP contribution >= 0.6 is 0 Å². The van der Waals surface area contributed by atoms with Crippen molar-refractivity contribution in [1.29, 1.82) is 0 Å².